The summed E-state index contributed by atoms with van der Waals surface area (Å²) in [5.41, 5.74) is -0.195. The van der Waals surface area contributed by atoms with E-state index in [4.69, 9.17) is 9.16 Å². The molecule has 26 heavy (non-hydrogen) atoms. The van der Waals surface area contributed by atoms with Crippen LogP contribution in [0.15, 0.2) is 18.3 Å². The molecule has 0 bridgehead atoms. The Morgan fingerprint density at radius 1 is 1.35 bits per heavy atom. The highest BCUT2D eigenvalue weighted by atomic mass is 28.4. The molecule has 0 aromatic carbocycles. The number of nitrogens with zero attached hydrogens (tertiary/aromatic N) is 3. The van der Waals surface area contributed by atoms with Crippen molar-refractivity contribution in [2.45, 2.75) is 58.0 Å². The normalized spacial score (nSPS) is 20.9. The van der Waals surface area contributed by atoms with Crippen molar-refractivity contribution in [2.24, 2.45) is 0 Å². The van der Waals surface area contributed by atoms with Crippen LogP contribution in [0, 0.1) is 10.1 Å². The molecule has 0 aliphatic carbocycles. The molecule has 0 radical (unpaired) electrons. The maximum absolute atomic E-state index is 11.8. The summed E-state index contributed by atoms with van der Waals surface area (Å²) in [6.45, 7) is 12.9. The molecule has 9 heteroatoms. The fourth-order valence-corrected chi connectivity index (χ4v) is 3.87. The Balaban J connectivity index is 2.26. The Hall–Kier alpha value is -2.00. The van der Waals surface area contributed by atoms with Gasteiger partial charge in [0.2, 0.25) is 5.91 Å². The topological polar surface area (TPSA) is 94.8 Å². The van der Waals surface area contributed by atoms with Crippen LogP contribution < -0.4 is 4.74 Å². The second-order valence-corrected chi connectivity index (χ2v) is 12.8. The predicted octanol–water partition coefficient (Wildman–Crippen LogP) is 2.99. The molecule has 2 rings (SSSR count). The molecular formula is C17H27N3O5Si. The summed E-state index contributed by atoms with van der Waals surface area (Å²) in [6.07, 6.45) is 0.604. The monoisotopic (exact) mass is 381 g/mol. The number of pyridine rings is 1. The Morgan fingerprint density at radius 3 is 2.50 bits per heavy atom. The molecule has 2 atom stereocenters. The summed E-state index contributed by atoms with van der Waals surface area (Å²) >= 11 is 0. The average molecular weight is 382 g/mol. The van der Waals surface area contributed by atoms with Gasteiger partial charge in [-0.05, 0) is 24.2 Å². The number of carbonyl (C=O) groups is 1. The lowest BCUT2D eigenvalue weighted by atomic mass is 10.2. The van der Waals surface area contributed by atoms with Crippen molar-refractivity contribution in [3.05, 3.63) is 28.4 Å². The third kappa shape index (κ3) is 4.39. The lowest BCUT2D eigenvalue weighted by molar-refractivity contribution is -0.386. The summed E-state index contributed by atoms with van der Waals surface area (Å²) in [7, 11) is -2.10. The second-order valence-electron chi connectivity index (χ2n) is 8.08. The molecule has 1 aliphatic heterocycles. The first-order valence-corrected chi connectivity index (χ1v) is 11.5. The Labute approximate surface area is 154 Å². The van der Waals surface area contributed by atoms with Gasteiger partial charge in [-0.3, -0.25) is 14.9 Å². The highest BCUT2D eigenvalue weighted by molar-refractivity contribution is 6.74. The summed E-state index contributed by atoms with van der Waals surface area (Å²) in [5.74, 6) is -0.118. The number of amides is 1. The van der Waals surface area contributed by atoms with Gasteiger partial charge in [0.05, 0.1) is 11.5 Å². The zero-order valence-electron chi connectivity index (χ0n) is 16.2. The standard InChI is InChI=1S/C17H27N3O5Si/c1-12(21)19-10-14(15(11-19)25-26(5,6)17(2,3)4)24-16-13(20(22)23)8-7-9-18-16/h7-9,14-15H,10-11H2,1-6H3. The molecule has 144 valence electrons. The molecule has 0 saturated carbocycles. The van der Waals surface area contributed by atoms with Gasteiger partial charge in [-0.1, -0.05) is 20.8 Å². The van der Waals surface area contributed by atoms with Crippen molar-refractivity contribution >= 4 is 19.9 Å². The largest absolute Gasteiger partial charge is 0.465 e. The highest BCUT2D eigenvalue weighted by Crippen LogP contribution is 2.39. The number of ether oxygens (including phenoxy) is 1. The van der Waals surface area contributed by atoms with Crippen LogP contribution in [0.4, 0.5) is 5.69 Å². The smallest absolute Gasteiger partial charge is 0.330 e. The average Bonchev–Trinajstić information content (AvgIpc) is 2.89. The molecule has 1 fully saturated rings. The van der Waals surface area contributed by atoms with Crippen LogP contribution in [0.25, 0.3) is 0 Å². The second kappa shape index (κ2) is 7.32. The molecule has 2 heterocycles. The van der Waals surface area contributed by atoms with Gasteiger partial charge in [0.25, 0.3) is 5.88 Å². The molecule has 8 nitrogen and oxygen atoms in total. The zero-order valence-corrected chi connectivity index (χ0v) is 17.2. The highest BCUT2D eigenvalue weighted by Gasteiger charge is 2.45. The summed E-state index contributed by atoms with van der Waals surface area (Å²) < 4.78 is 12.3. The van der Waals surface area contributed by atoms with Gasteiger partial charge in [-0.25, -0.2) is 4.98 Å². The van der Waals surface area contributed by atoms with E-state index in [0.29, 0.717) is 13.1 Å². The third-order valence-electron chi connectivity index (χ3n) is 5.12. The molecular weight excluding hydrogens is 354 g/mol. The molecule has 1 aromatic rings. The van der Waals surface area contributed by atoms with E-state index >= 15 is 0 Å². The number of likely N-dealkylation sites (tertiary alicyclic amines) is 1. The van der Waals surface area contributed by atoms with E-state index in [1.807, 2.05) is 0 Å². The van der Waals surface area contributed by atoms with Gasteiger partial charge in [0.1, 0.15) is 12.2 Å². The van der Waals surface area contributed by atoms with Crippen molar-refractivity contribution in [2.75, 3.05) is 13.1 Å². The van der Waals surface area contributed by atoms with Crippen LogP contribution in [0.5, 0.6) is 5.88 Å². The van der Waals surface area contributed by atoms with Crippen LogP contribution in [0.3, 0.4) is 0 Å². The van der Waals surface area contributed by atoms with Crippen LogP contribution in [-0.4, -0.2) is 54.3 Å². The molecule has 0 spiro atoms. The molecule has 1 aliphatic rings. The molecule has 1 amide bonds. The first-order valence-electron chi connectivity index (χ1n) is 8.62. The summed E-state index contributed by atoms with van der Waals surface area (Å²) in [4.78, 5) is 28.2. The zero-order chi connectivity index (χ0) is 19.7. The first-order chi connectivity index (χ1) is 11.9. The van der Waals surface area contributed by atoms with Gasteiger partial charge in [0.15, 0.2) is 8.32 Å². The van der Waals surface area contributed by atoms with Gasteiger partial charge in [0, 0.05) is 25.7 Å². The number of hydrogen-bond acceptors (Lipinski definition) is 6. The van der Waals surface area contributed by atoms with Crippen LogP contribution in [0.1, 0.15) is 27.7 Å². The maximum atomic E-state index is 11.8. The molecule has 0 N–H and O–H groups in total. The van der Waals surface area contributed by atoms with Gasteiger partial charge in [-0.2, -0.15) is 0 Å². The van der Waals surface area contributed by atoms with Crippen molar-refractivity contribution in [3.63, 3.8) is 0 Å². The quantitative estimate of drug-likeness (QED) is 0.442. The predicted molar refractivity (Wildman–Crippen MR) is 99.6 cm³/mol. The van der Waals surface area contributed by atoms with Gasteiger partial charge >= 0.3 is 5.69 Å². The third-order valence-corrected chi connectivity index (χ3v) is 9.63. The number of aromatic nitrogens is 1. The summed E-state index contributed by atoms with van der Waals surface area (Å²) in [5, 5.41) is 11.2. The van der Waals surface area contributed by atoms with Gasteiger partial charge in [-0.15, -0.1) is 0 Å². The minimum atomic E-state index is -2.10. The first kappa shape index (κ1) is 20.3. The fourth-order valence-electron chi connectivity index (χ4n) is 2.54. The van der Waals surface area contributed by atoms with E-state index in [1.165, 1.54) is 25.3 Å². The van der Waals surface area contributed by atoms with Crippen LogP contribution in [0.2, 0.25) is 18.1 Å². The molecule has 1 saturated heterocycles. The molecule has 2 unspecified atom stereocenters. The van der Waals surface area contributed by atoms with E-state index in [2.05, 4.69) is 38.8 Å². The number of carbonyl (C=O) groups excluding carboxylic acids is 1. The van der Waals surface area contributed by atoms with Gasteiger partial charge < -0.3 is 14.1 Å². The van der Waals surface area contributed by atoms with E-state index in [0.717, 1.165) is 0 Å². The van der Waals surface area contributed by atoms with Crippen LogP contribution >= 0.6 is 0 Å². The Bertz CT molecular complexity index is 689. The van der Waals surface area contributed by atoms with Crippen molar-refractivity contribution < 1.29 is 18.9 Å². The maximum Gasteiger partial charge on any atom is 0.330 e. The lowest BCUT2D eigenvalue weighted by Crippen LogP contribution is -2.48. The minimum Gasteiger partial charge on any atom is -0.465 e. The van der Waals surface area contributed by atoms with Crippen molar-refractivity contribution in [1.29, 1.82) is 0 Å². The minimum absolute atomic E-state index is 0.00180. The van der Waals surface area contributed by atoms with E-state index in [9.17, 15) is 14.9 Å². The SMILES string of the molecule is CC(=O)N1CC(Oc2ncccc2[N+](=O)[O-])C(O[Si](C)(C)C(C)(C)C)C1. The van der Waals surface area contributed by atoms with Crippen molar-refractivity contribution in [1.82, 2.24) is 9.88 Å². The van der Waals surface area contributed by atoms with E-state index in [-0.39, 0.29) is 28.6 Å². The number of rotatable bonds is 5. The van der Waals surface area contributed by atoms with Crippen LogP contribution in [-0.2, 0) is 9.22 Å². The Morgan fingerprint density at radius 2 is 1.96 bits per heavy atom. The number of nitro groups is 1. The molecule has 1 aromatic heterocycles. The lowest BCUT2D eigenvalue weighted by Gasteiger charge is -2.39. The fraction of sp³-hybridized carbons (Fsp3) is 0.647. The van der Waals surface area contributed by atoms with E-state index < -0.39 is 19.3 Å². The van der Waals surface area contributed by atoms with Crippen molar-refractivity contribution in [3.8, 4) is 5.88 Å². The Kier molecular flexibility index (Phi) is 5.72. The number of hydrogen-bond donors (Lipinski definition) is 0. The van der Waals surface area contributed by atoms with E-state index in [1.54, 1.807) is 4.90 Å². The summed E-state index contributed by atoms with van der Waals surface area (Å²) in [6, 6.07) is 2.84.